The van der Waals surface area contributed by atoms with Crippen molar-refractivity contribution in [3.05, 3.63) is 30.1 Å². The number of pyridine rings is 1. The third-order valence-electron chi connectivity index (χ3n) is 2.81. The van der Waals surface area contributed by atoms with Crippen LogP contribution in [0.15, 0.2) is 24.5 Å². The second-order valence-corrected chi connectivity index (χ2v) is 3.81. The van der Waals surface area contributed by atoms with E-state index in [0.717, 1.165) is 18.4 Å². The maximum absolute atomic E-state index is 5.87. The highest BCUT2D eigenvalue weighted by atomic mass is 16.5. The maximum Gasteiger partial charge on any atom is 0.0739 e. The Morgan fingerprint density at radius 1 is 1.36 bits per heavy atom. The van der Waals surface area contributed by atoms with Crippen molar-refractivity contribution in [2.45, 2.75) is 45.8 Å². The van der Waals surface area contributed by atoms with E-state index in [1.807, 2.05) is 18.3 Å². The van der Waals surface area contributed by atoms with Crippen LogP contribution in [0.3, 0.4) is 0 Å². The van der Waals surface area contributed by atoms with Crippen LogP contribution in [0.25, 0.3) is 0 Å². The van der Waals surface area contributed by atoms with Gasteiger partial charge in [-0.3, -0.25) is 4.98 Å². The molecule has 0 unspecified atom stereocenters. The highest BCUT2D eigenvalue weighted by Gasteiger charge is 2.19. The molecule has 0 bridgehead atoms. The molecule has 0 saturated heterocycles. The van der Waals surface area contributed by atoms with Gasteiger partial charge in [0.1, 0.15) is 0 Å². The van der Waals surface area contributed by atoms with E-state index in [4.69, 9.17) is 4.74 Å². The van der Waals surface area contributed by atoms with E-state index in [2.05, 4.69) is 25.8 Å². The number of ether oxygens (including phenoxy) is 1. The van der Waals surface area contributed by atoms with Gasteiger partial charge in [-0.05, 0) is 31.4 Å². The zero-order chi connectivity index (χ0) is 10.4. The Labute approximate surface area is 86.3 Å². The molecule has 0 fully saturated rings. The highest BCUT2D eigenvalue weighted by molar-refractivity contribution is 5.06. The fourth-order valence-electron chi connectivity index (χ4n) is 1.20. The van der Waals surface area contributed by atoms with Crippen LogP contribution in [-0.2, 0) is 11.3 Å². The zero-order valence-corrected chi connectivity index (χ0v) is 9.29. The summed E-state index contributed by atoms with van der Waals surface area (Å²) in [5.41, 5.74) is 1.15. The fourth-order valence-corrected chi connectivity index (χ4v) is 1.20. The Kier molecular flexibility index (Phi) is 4.08. The van der Waals surface area contributed by atoms with Gasteiger partial charge >= 0.3 is 0 Å². The largest absolute Gasteiger partial charge is 0.371 e. The molecule has 0 aliphatic heterocycles. The number of nitrogens with zero attached hydrogens (tertiary/aromatic N) is 1. The van der Waals surface area contributed by atoms with Gasteiger partial charge in [-0.25, -0.2) is 0 Å². The fraction of sp³-hybridized carbons (Fsp3) is 0.583. The van der Waals surface area contributed by atoms with Gasteiger partial charge in [0.2, 0.25) is 0 Å². The van der Waals surface area contributed by atoms with E-state index in [-0.39, 0.29) is 5.60 Å². The van der Waals surface area contributed by atoms with Crippen molar-refractivity contribution in [1.82, 2.24) is 4.98 Å². The van der Waals surface area contributed by atoms with Crippen LogP contribution >= 0.6 is 0 Å². The molecule has 2 nitrogen and oxygen atoms in total. The molecule has 0 atom stereocenters. The minimum atomic E-state index is 0.00976. The summed E-state index contributed by atoms with van der Waals surface area (Å²) in [6.07, 6.45) is 5.72. The van der Waals surface area contributed by atoms with Gasteiger partial charge < -0.3 is 4.74 Å². The molecular formula is C12H19NO. The Bertz CT molecular complexity index is 254. The van der Waals surface area contributed by atoms with Crippen LogP contribution in [0.1, 0.15) is 39.2 Å². The molecule has 0 aliphatic rings. The van der Waals surface area contributed by atoms with E-state index in [9.17, 15) is 0 Å². The molecule has 1 heterocycles. The molecule has 1 aromatic heterocycles. The second kappa shape index (κ2) is 5.11. The summed E-state index contributed by atoms with van der Waals surface area (Å²) in [5, 5.41) is 0. The van der Waals surface area contributed by atoms with E-state index >= 15 is 0 Å². The van der Waals surface area contributed by atoms with Crippen molar-refractivity contribution >= 4 is 0 Å². The molecule has 0 aromatic carbocycles. The minimum Gasteiger partial charge on any atom is -0.371 e. The molecule has 1 aromatic rings. The van der Waals surface area contributed by atoms with Crippen molar-refractivity contribution in [2.24, 2.45) is 0 Å². The number of hydrogen-bond acceptors (Lipinski definition) is 2. The predicted molar refractivity (Wildman–Crippen MR) is 58.0 cm³/mol. The summed E-state index contributed by atoms with van der Waals surface area (Å²) < 4.78 is 5.87. The van der Waals surface area contributed by atoms with Crippen LogP contribution in [0.4, 0.5) is 0 Å². The van der Waals surface area contributed by atoms with Gasteiger partial charge in [0.05, 0.1) is 12.2 Å². The third-order valence-corrected chi connectivity index (χ3v) is 2.81. The number of aromatic nitrogens is 1. The van der Waals surface area contributed by atoms with Gasteiger partial charge in [0.15, 0.2) is 0 Å². The average molecular weight is 193 g/mol. The van der Waals surface area contributed by atoms with Crippen LogP contribution in [-0.4, -0.2) is 10.6 Å². The first-order chi connectivity index (χ1) is 6.70. The average Bonchev–Trinajstić information content (AvgIpc) is 2.27. The molecule has 1 rings (SSSR count). The number of rotatable bonds is 5. The van der Waals surface area contributed by atoms with Gasteiger partial charge in [0, 0.05) is 12.4 Å². The van der Waals surface area contributed by atoms with Crippen molar-refractivity contribution in [1.29, 1.82) is 0 Å². The Balaban J connectivity index is 2.48. The lowest BCUT2D eigenvalue weighted by Crippen LogP contribution is -2.26. The molecule has 0 amide bonds. The predicted octanol–water partition coefficient (Wildman–Crippen LogP) is 3.18. The van der Waals surface area contributed by atoms with Crippen molar-refractivity contribution in [2.75, 3.05) is 0 Å². The molecule has 0 radical (unpaired) electrons. The topological polar surface area (TPSA) is 22.1 Å². The van der Waals surface area contributed by atoms with E-state index < -0.39 is 0 Å². The summed E-state index contributed by atoms with van der Waals surface area (Å²) in [7, 11) is 0. The molecule has 78 valence electrons. The number of hydrogen-bond donors (Lipinski definition) is 0. The van der Waals surface area contributed by atoms with E-state index in [1.165, 1.54) is 0 Å². The third kappa shape index (κ3) is 3.11. The normalized spacial score (nSPS) is 11.6. The van der Waals surface area contributed by atoms with Crippen molar-refractivity contribution < 1.29 is 4.74 Å². The molecule has 0 N–H and O–H groups in total. The van der Waals surface area contributed by atoms with E-state index in [0.29, 0.717) is 6.61 Å². The summed E-state index contributed by atoms with van der Waals surface area (Å²) in [6.45, 7) is 7.13. The van der Waals surface area contributed by atoms with Crippen LogP contribution in [0.5, 0.6) is 0 Å². The first-order valence-corrected chi connectivity index (χ1v) is 5.23. The van der Waals surface area contributed by atoms with Crippen molar-refractivity contribution in [3.63, 3.8) is 0 Å². The molecule has 0 saturated carbocycles. The first-order valence-electron chi connectivity index (χ1n) is 5.23. The van der Waals surface area contributed by atoms with Crippen LogP contribution in [0.2, 0.25) is 0 Å². The summed E-state index contributed by atoms with van der Waals surface area (Å²) in [5.74, 6) is 0. The van der Waals surface area contributed by atoms with E-state index in [1.54, 1.807) is 6.20 Å². The molecule has 14 heavy (non-hydrogen) atoms. The zero-order valence-electron chi connectivity index (χ0n) is 9.29. The smallest absolute Gasteiger partial charge is 0.0739 e. The maximum atomic E-state index is 5.87. The minimum absolute atomic E-state index is 0.00976. The highest BCUT2D eigenvalue weighted by Crippen LogP contribution is 2.20. The van der Waals surface area contributed by atoms with Gasteiger partial charge in [-0.15, -0.1) is 0 Å². The standard InChI is InChI=1S/C12H19NO/c1-4-12(3,5-2)14-10-11-7-6-8-13-9-11/h6-9H,4-5,10H2,1-3H3. The van der Waals surface area contributed by atoms with Crippen LogP contribution < -0.4 is 0 Å². The summed E-state index contributed by atoms with van der Waals surface area (Å²) in [6, 6.07) is 3.98. The van der Waals surface area contributed by atoms with Crippen molar-refractivity contribution in [3.8, 4) is 0 Å². The lowest BCUT2D eigenvalue weighted by atomic mass is 10.0. The summed E-state index contributed by atoms with van der Waals surface area (Å²) in [4.78, 5) is 4.06. The Hall–Kier alpha value is -0.890. The first kappa shape index (κ1) is 11.2. The quantitative estimate of drug-likeness (QED) is 0.716. The monoisotopic (exact) mass is 193 g/mol. The SMILES string of the molecule is CCC(C)(CC)OCc1cccnc1. The second-order valence-electron chi connectivity index (χ2n) is 3.81. The van der Waals surface area contributed by atoms with Gasteiger partial charge in [0.25, 0.3) is 0 Å². The van der Waals surface area contributed by atoms with Crippen LogP contribution in [0, 0.1) is 0 Å². The molecule has 2 heteroatoms. The Morgan fingerprint density at radius 2 is 2.07 bits per heavy atom. The van der Waals surface area contributed by atoms with Gasteiger partial charge in [-0.2, -0.15) is 0 Å². The molecule has 0 spiro atoms. The lowest BCUT2D eigenvalue weighted by molar-refractivity contribution is -0.0483. The lowest BCUT2D eigenvalue weighted by Gasteiger charge is -2.27. The Morgan fingerprint density at radius 3 is 2.57 bits per heavy atom. The molecule has 0 aliphatic carbocycles. The van der Waals surface area contributed by atoms with Gasteiger partial charge in [-0.1, -0.05) is 19.9 Å². The summed E-state index contributed by atoms with van der Waals surface area (Å²) >= 11 is 0. The molecular weight excluding hydrogens is 174 g/mol.